The molecule has 1 aliphatic heterocycles. The number of para-hydroxylation sites is 1. The number of nitrogens with zero attached hydrogens (tertiary/aromatic N) is 3. The molecular weight excluding hydrogens is 787 g/mol. The van der Waals surface area contributed by atoms with Gasteiger partial charge in [0, 0.05) is 32.6 Å². The van der Waals surface area contributed by atoms with Crippen molar-refractivity contribution < 1.29 is 33.4 Å². The third kappa shape index (κ3) is 15.9. The van der Waals surface area contributed by atoms with Crippen molar-refractivity contribution in [2.75, 3.05) is 38.5 Å². The highest BCUT2D eigenvalue weighted by atomic mass is 31.2. The second kappa shape index (κ2) is 25.6. The molecule has 0 bridgehead atoms. The van der Waals surface area contributed by atoms with Gasteiger partial charge in [0.25, 0.3) is 5.56 Å². The van der Waals surface area contributed by atoms with E-state index < -0.39 is 43.9 Å². The van der Waals surface area contributed by atoms with Crippen LogP contribution in [0.25, 0.3) is 11.2 Å². The Morgan fingerprint density at radius 2 is 1.55 bits per heavy atom. The van der Waals surface area contributed by atoms with Gasteiger partial charge < -0.3 is 35.8 Å². The maximum atomic E-state index is 13.9. The number of anilines is 1. The number of amides is 1. The van der Waals surface area contributed by atoms with E-state index in [1.165, 1.54) is 17.8 Å². The van der Waals surface area contributed by atoms with Crippen molar-refractivity contribution in [3.05, 3.63) is 120 Å². The molecule has 1 fully saturated rings. The fourth-order valence-electron chi connectivity index (χ4n) is 6.03. The van der Waals surface area contributed by atoms with Crippen molar-refractivity contribution >= 4 is 30.8 Å². The van der Waals surface area contributed by atoms with Crippen LogP contribution in [0.15, 0.2) is 114 Å². The van der Waals surface area contributed by atoms with Gasteiger partial charge >= 0.3 is 7.75 Å². The van der Waals surface area contributed by atoms with E-state index in [9.17, 15) is 24.4 Å². The summed E-state index contributed by atoms with van der Waals surface area (Å²) >= 11 is 0. The number of rotatable bonds is 27. The molecule has 0 spiro atoms. The number of nitrogens with one attached hydrogen (secondary N) is 4. The summed E-state index contributed by atoms with van der Waals surface area (Å²) in [5.74, 6) is 0.0743. The molecule has 4 rings (SSSR count). The van der Waals surface area contributed by atoms with Gasteiger partial charge in [0.15, 0.2) is 17.4 Å². The first kappa shape index (κ1) is 47.7. The van der Waals surface area contributed by atoms with E-state index in [0.29, 0.717) is 32.5 Å². The van der Waals surface area contributed by atoms with Crippen LogP contribution in [0.1, 0.15) is 71.4 Å². The van der Waals surface area contributed by atoms with E-state index in [4.69, 9.17) is 19.5 Å². The van der Waals surface area contributed by atoms with Gasteiger partial charge in [0.05, 0.1) is 12.9 Å². The minimum Gasteiger partial charge on any atom is -0.413 e. The number of H-pyrrole nitrogens is 1. The zero-order chi connectivity index (χ0) is 43.1. The minimum absolute atomic E-state index is 0.0319. The Morgan fingerprint density at radius 3 is 2.18 bits per heavy atom. The Balaban J connectivity index is 1.11. The number of hydrogen-bond acceptors (Lipinski definition) is 12. The predicted molar refractivity (Wildman–Crippen MR) is 235 cm³/mol. The van der Waals surface area contributed by atoms with E-state index in [1.807, 2.05) is 6.08 Å². The summed E-state index contributed by atoms with van der Waals surface area (Å²) in [5.41, 5.74) is 3.26. The largest absolute Gasteiger partial charge is 0.458 e. The van der Waals surface area contributed by atoms with E-state index in [2.05, 4.69) is 104 Å². The molecule has 5 atom stereocenters. The average molecular weight is 849 g/mol. The van der Waals surface area contributed by atoms with Gasteiger partial charge in [-0.1, -0.05) is 98.0 Å². The van der Waals surface area contributed by atoms with Crippen LogP contribution in [0.4, 0.5) is 5.95 Å². The molecule has 8 N–H and O–H groups in total. The van der Waals surface area contributed by atoms with Crippen LogP contribution in [0.3, 0.4) is 0 Å². The van der Waals surface area contributed by atoms with Crippen LogP contribution >= 0.6 is 7.75 Å². The van der Waals surface area contributed by atoms with Crippen LogP contribution in [0, 0.1) is 0 Å². The number of hydrogen-bond donors (Lipinski definition) is 7. The van der Waals surface area contributed by atoms with E-state index >= 15 is 0 Å². The second-order valence-electron chi connectivity index (χ2n) is 14.1. The average Bonchev–Trinajstić information content (AvgIpc) is 3.74. The lowest BCUT2D eigenvalue weighted by molar-refractivity contribution is -0.120. The fraction of sp³-hybridized carbons (Fsp3) is 0.442. The molecule has 0 saturated carbocycles. The Kier molecular flexibility index (Phi) is 20.4. The highest BCUT2D eigenvalue weighted by Gasteiger charge is 2.54. The zero-order valence-corrected chi connectivity index (χ0v) is 35.4. The third-order valence-electron chi connectivity index (χ3n) is 9.20. The molecule has 5 unspecified atom stereocenters. The molecule has 3 aromatic rings. The van der Waals surface area contributed by atoms with Gasteiger partial charge in [-0.05, 0) is 64.0 Å². The summed E-state index contributed by atoms with van der Waals surface area (Å²) in [7, 11) is -4.05. The number of fused-ring (bicyclic) bond motifs is 1. The molecule has 0 radical (unpaired) electrons. The van der Waals surface area contributed by atoms with Crippen LogP contribution in [0.2, 0.25) is 0 Å². The molecular formula is C43H61N8O8P. The monoisotopic (exact) mass is 848 g/mol. The Labute approximate surface area is 352 Å². The Hall–Kier alpha value is -4.93. The third-order valence-corrected chi connectivity index (χ3v) is 10.8. The first-order valence-corrected chi connectivity index (χ1v) is 22.0. The summed E-state index contributed by atoms with van der Waals surface area (Å²) in [6.45, 7) is 4.47. The molecule has 1 aromatic carbocycles. The molecule has 16 nitrogen and oxygen atoms in total. The quantitative estimate of drug-likeness (QED) is 0.0278. The maximum absolute atomic E-state index is 13.9. The van der Waals surface area contributed by atoms with Gasteiger partial charge in [-0.15, -0.1) is 0 Å². The molecule has 1 amide bonds. The highest BCUT2D eigenvalue weighted by Crippen LogP contribution is 2.46. The lowest BCUT2D eigenvalue weighted by Gasteiger charge is -2.27. The van der Waals surface area contributed by atoms with Crippen molar-refractivity contribution in [3.63, 3.8) is 0 Å². The van der Waals surface area contributed by atoms with Crippen LogP contribution in [-0.2, 0) is 18.6 Å². The summed E-state index contributed by atoms with van der Waals surface area (Å²) in [4.78, 5) is 35.1. The number of carbonyl (C=O) groups is 1. The topological polar surface area (TPSA) is 228 Å². The number of nitrogen functional groups attached to an aromatic ring is 1. The first-order chi connectivity index (χ1) is 29.0. The standard InChI is InChI=1S/C43H61N8O8P/c1-3-4-5-6-7-8-9-10-11-12-13-14-15-16-17-18-19-20-24-27-36(52)46-30-28-45-29-31-48-60(56,59-34-25-22-21-23-26-34)57-32-35-38(53)43(2,55)41(58-35)51-33-47-37-39(51)49-42(44)50-40(37)54/h4-5,7-8,10-11,13-14,16-17,19-23,25-26,33,35,38,41,45,53,55H,3,6,9,12,15,18,24,27-32H2,1-2H3,(H,46,52)(H,48,56)(H3,44,49,50,54). The van der Waals surface area contributed by atoms with E-state index in [0.717, 1.165) is 38.5 Å². The normalized spacial score (nSPS) is 20.9. The number of aliphatic hydroxyl groups excluding tert-OH is 1. The van der Waals surface area contributed by atoms with Crippen LogP contribution in [-0.4, -0.2) is 86.2 Å². The number of imidazole rings is 1. The highest BCUT2D eigenvalue weighted by molar-refractivity contribution is 7.52. The van der Waals surface area contributed by atoms with Gasteiger partial charge in [0.1, 0.15) is 23.6 Å². The molecule has 60 heavy (non-hydrogen) atoms. The summed E-state index contributed by atoms with van der Waals surface area (Å²) in [5, 5.41) is 31.2. The molecule has 2 aromatic heterocycles. The molecule has 3 heterocycles. The van der Waals surface area contributed by atoms with Crippen LogP contribution < -0.4 is 31.5 Å². The number of aliphatic hydroxyl groups is 2. The second-order valence-corrected chi connectivity index (χ2v) is 15.9. The van der Waals surface area contributed by atoms with Gasteiger partial charge in [-0.25, -0.2) is 14.6 Å². The number of ether oxygens (including phenoxy) is 1. The number of nitrogens with two attached hydrogens (primary N) is 1. The number of allylic oxidation sites excluding steroid dienone is 12. The molecule has 17 heteroatoms. The number of benzene rings is 1. The fourth-order valence-corrected chi connectivity index (χ4v) is 7.36. The van der Waals surface area contributed by atoms with Crippen molar-refractivity contribution in [3.8, 4) is 5.75 Å². The van der Waals surface area contributed by atoms with Crippen molar-refractivity contribution in [2.45, 2.75) is 89.3 Å². The first-order valence-electron chi connectivity index (χ1n) is 20.4. The van der Waals surface area contributed by atoms with Crippen molar-refractivity contribution in [1.82, 2.24) is 35.2 Å². The minimum atomic E-state index is -4.05. The van der Waals surface area contributed by atoms with Gasteiger partial charge in [0.2, 0.25) is 11.9 Å². The Bertz CT molecular complexity index is 2040. The number of carbonyl (C=O) groups excluding carboxylic acids is 1. The van der Waals surface area contributed by atoms with Crippen LogP contribution in [0.5, 0.6) is 5.75 Å². The molecule has 1 aliphatic rings. The van der Waals surface area contributed by atoms with E-state index in [1.54, 1.807) is 30.3 Å². The number of aromatic amines is 1. The maximum Gasteiger partial charge on any atom is 0.458 e. The van der Waals surface area contributed by atoms with Gasteiger partial charge in [-0.2, -0.15) is 4.98 Å². The molecule has 326 valence electrons. The molecule has 0 aliphatic carbocycles. The summed E-state index contributed by atoms with van der Waals surface area (Å²) in [6, 6.07) is 8.44. The predicted octanol–water partition coefficient (Wildman–Crippen LogP) is 5.69. The van der Waals surface area contributed by atoms with Crippen molar-refractivity contribution in [2.24, 2.45) is 0 Å². The number of aromatic nitrogens is 4. The van der Waals surface area contributed by atoms with Gasteiger partial charge in [-0.3, -0.25) is 23.7 Å². The Morgan fingerprint density at radius 1 is 0.950 bits per heavy atom. The smallest absolute Gasteiger partial charge is 0.413 e. The zero-order valence-electron chi connectivity index (χ0n) is 34.5. The molecule has 1 saturated heterocycles. The van der Waals surface area contributed by atoms with E-state index in [-0.39, 0.29) is 35.3 Å². The van der Waals surface area contributed by atoms with Crippen molar-refractivity contribution in [1.29, 1.82) is 0 Å². The summed E-state index contributed by atoms with van der Waals surface area (Å²) in [6.07, 6.45) is 29.9. The lowest BCUT2D eigenvalue weighted by atomic mass is 9.96. The lowest BCUT2D eigenvalue weighted by Crippen LogP contribution is -2.44. The SMILES string of the molecule is CCC=CCC=CCC=CCC=CCC=CCC=CCCC(=O)NCCNCCNP(=O)(OCC1OC(n2cnc3c(=O)[nH]c(N)nc32)C(C)(O)C1O)Oc1ccccc1. The summed E-state index contributed by atoms with van der Waals surface area (Å²) < 4.78 is 32.7.